The van der Waals surface area contributed by atoms with Gasteiger partial charge in [-0.15, -0.1) is 0 Å². The van der Waals surface area contributed by atoms with Gasteiger partial charge in [0, 0.05) is 25.3 Å². The summed E-state index contributed by atoms with van der Waals surface area (Å²) in [6, 6.07) is -0.0239. The minimum atomic E-state index is -3.74. The Morgan fingerprint density at radius 2 is 2.00 bits per heavy atom. The van der Waals surface area contributed by atoms with Crippen LogP contribution in [0.5, 0.6) is 5.75 Å². The fourth-order valence-corrected chi connectivity index (χ4v) is 3.80. The summed E-state index contributed by atoms with van der Waals surface area (Å²) in [5.74, 6) is -0.140. The number of aromatic nitrogens is 2. The zero-order valence-electron chi connectivity index (χ0n) is 14.0. The van der Waals surface area contributed by atoms with E-state index in [0.29, 0.717) is 6.61 Å². The first-order valence-corrected chi connectivity index (χ1v) is 10.5. The molecule has 2 atom stereocenters. The Hall–Kier alpha value is -1.19. The van der Waals surface area contributed by atoms with Gasteiger partial charge in [-0.3, -0.25) is 0 Å². The van der Waals surface area contributed by atoms with Crippen molar-refractivity contribution in [3.8, 4) is 5.75 Å². The predicted octanol–water partition coefficient (Wildman–Crippen LogP) is 3.44. The molecule has 0 spiro atoms. The highest BCUT2D eigenvalue weighted by atomic mass is 79.9. The van der Waals surface area contributed by atoms with Crippen molar-refractivity contribution < 1.29 is 17.5 Å². The number of rotatable bonds is 1. The van der Waals surface area contributed by atoms with E-state index in [2.05, 4.69) is 25.9 Å². The maximum atomic E-state index is 14.8. The van der Waals surface area contributed by atoms with Gasteiger partial charge in [-0.25, -0.2) is 22.8 Å². The van der Waals surface area contributed by atoms with E-state index in [1.807, 2.05) is 13.8 Å². The number of anilines is 1. The summed E-state index contributed by atoms with van der Waals surface area (Å²) in [4.78, 5) is 9.93. The summed E-state index contributed by atoms with van der Waals surface area (Å²) in [7, 11) is -1.96. The van der Waals surface area contributed by atoms with Crippen LogP contribution in [0.15, 0.2) is 9.63 Å². The Morgan fingerprint density at radius 3 is 2.60 bits per heavy atom. The molecule has 136 valence electrons. The molecule has 0 N–H and O–H groups in total. The lowest BCUT2D eigenvalue weighted by molar-refractivity contribution is 0.239. The second kappa shape index (κ2) is 6.21. The fraction of sp³-hybridized carbons (Fsp3) is 0.467. The van der Waals surface area contributed by atoms with Crippen LogP contribution in [0, 0.1) is 11.7 Å². The second-order valence-corrected chi connectivity index (χ2v) is 9.32. The van der Waals surface area contributed by atoms with Crippen LogP contribution in [0.25, 0.3) is 10.9 Å². The molecule has 0 saturated heterocycles. The highest BCUT2D eigenvalue weighted by Crippen LogP contribution is 2.46. The van der Waals surface area contributed by atoms with Crippen molar-refractivity contribution in [3.63, 3.8) is 0 Å². The smallest absolute Gasteiger partial charge is 0.249 e. The van der Waals surface area contributed by atoms with Crippen LogP contribution >= 0.6 is 27.5 Å². The van der Waals surface area contributed by atoms with Gasteiger partial charge in [-0.1, -0.05) is 18.5 Å². The average molecular weight is 453 g/mol. The van der Waals surface area contributed by atoms with E-state index in [4.69, 9.17) is 16.3 Å². The number of ether oxygens (including phenoxy) is 1. The van der Waals surface area contributed by atoms with E-state index in [1.54, 1.807) is 11.9 Å². The zero-order chi connectivity index (χ0) is 18.7. The van der Waals surface area contributed by atoms with Crippen molar-refractivity contribution in [3.05, 3.63) is 15.3 Å². The van der Waals surface area contributed by atoms with Crippen LogP contribution in [-0.4, -0.2) is 44.3 Å². The van der Waals surface area contributed by atoms with E-state index in [-0.39, 0.29) is 43.9 Å². The summed E-state index contributed by atoms with van der Waals surface area (Å²) in [5.41, 5.74) is -0.148. The molecule has 0 bridgehead atoms. The maximum Gasteiger partial charge on any atom is 0.249 e. The highest BCUT2D eigenvalue weighted by Gasteiger charge is 2.31. The second-order valence-electron chi connectivity index (χ2n) is 6.24. The molecular formula is C15H16BrClFN3O3S. The molecule has 0 amide bonds. The van der Waals surface area contributed by atoms with Crippen LogP contribution in [-0.2, 0) is 9.84 Å². The van der Waals surface area contributed by atoms with Crippen molar-refractivity contribution in [2.24, 2.45) is 5.92 Å². The van der Waals surface area contributed by atoms with Crippen LogP contribution < -0.4 is 9.64 Å². The van der Waals surface area contributed by atoms with Gasteiger partial charge < -0.3 is 9.64 Å². The van der Waals surface area contributed by atoms with Crippen LogP contribution in [0.4, 0.5) is 10.2 Å². The summed E-state index contributed by atoms with van der Waals surface area (Å²) in [6.07, 6.45) is 0.982. The Labute approximate surface area is 158 Å². The van der Waals surface area contributed by atoms with Gasteiger partial charge in [0.25, 0.3) is 0 Å². The molecule has 2 aromatic rings. The standard InChI is InChI=1S/C15H16BrClFN3O3S/c1-6-5-24-13-8-12(11(18)9(16)10(13)17)19-15(25(4,22)23)20-14(8)21(3)7(6)2/h6-7H,5H2,1-4H3/t6?,7-/m1/s1. The molecule has 1 aromatic heterocycles. The molecule has 0 radical (unpaired) electrons. The zero-order valence-corrected chi connectivity index (χ0v) is 17.1. The maximum absolute atomic E-state index is 14.8. The van der Waals surface area contributed by atoms with Crippen molar-refractivity contribution in [2.45, 2.75) is 25.0 Å². The predicted molar refractivity (Wildman–Crippen MR) is 97.8 cm³/mol. The number of hydrogen-bond acceptors (Lipinski definition) is 6. The first kappa shape index (κ1) is 18.6. The molecule has 6 nitrogen and oxygen atoms in total. The van der Waals surface area contributed by atoms with Gasteiger partial charge in [0.2, 0.25) is 15.0 Å². The Bertz CT molecular complexity index is 986. The van der Waals surface area contributed by atoms with Crippen LogP contribution in [0.1, 0.15) is 13.8 Å². The number of nitrogens with zero attached hydrogens (tertiary/aromatic N) is 3. The largest absolute Gasteiger partial charge is 0.491 e. The Morgan fingerprint density at radius 1 is 1.36 bits per heavy atom. The molecular weight excluding hydrogens is 437 g/mol. The Kier molecular flexibility index (Phi) is 4.62. The van der Waals surface area contributed by atoms with Crippen molar-refractivity contribution in [2.75, 3.05) is 24.8 Å². The van der Waals surface area contributed by atoms with E-state index in [1.165, 1.54) is 0 Å². The van der Waals surface area contributed by atoms with Crippen LogP contribution in [0.3, 0.4) is 0 Å². The summed E-state index contributed by atoms with van der Waals surface area (Å²) >= 11 is 9.36. The molecule has 1 aromatic carbocycles. The van der Waals surface area contributed by atoms with E-state index in [0.717, 1.165) is 6.26 Å². The molecule has 25 heavy (non-hydrogen) atoms. The monoisotopic (exact) mass is 451 g/mol. The van der Waals surface area contributed by atoms with Crippen molar-refractivity contribution in [1.82, 2.24) is 9.97 Å². The Balaban J connectivity index is 2.53. The van der Waals surface area contributed by atoms with Crippen molar-refractivity contribution in [1.29, 1.82) is 0 Å². The van der Waals surface area contributed by atoms with Gasteiger partial charge >= 0.3 is 0 Å². The average Bonchev–Trinajstić information content (AvgIpc) is 2.55. The van der Waals surface area contributed by atoms with Gasteiger partial charge in [-0.2, -0.15) is 0 Å². The normalized spacial score (nSPS) is 21.0. The molecule has 1 aliphatic heterocycles. The molecule has 1 unspecified atom stereocenters. The first-order chi connectivity index (χ1) is 11.5. The lowest BCUT2D eigenvalue weighted by Crippen LogP contribution is -2.39. The van der Waals surface area contributed by atoms with Crippen LogP contribution in [0.2, 0.25) is 5.02 Å². The molecule has 1 aliphatic rings. The number of sulfone groups is 1. The van der Waals surface area contributed by atoms with Gasteiger partial charge in [0.1, 0.15) is 16.4 Å². The van der Waals surface area contributed by atoms with E-state index < -0.39 is 20.8 Å². The lowest BCUT2D eigenvalue weighted by atomic mass is 10.0. The van der Waals surface area contributed by atoms with Gasteiger partial charge in [0.05, 0.1) is 16.5 Å². The highest BCUT2D eigenvalue weighted by molar-refractivity contribution is 9.10. The fourth-order valence-electron chi connectivity index (χ4n) is 2.69. The number of halogens is 3. The summed E-state index contributed by atoms with van der Waals surface area (Å²) in [6.45, 7) is 4.32. The third kappa shape index (κ3) is 2.96. The van der Waals surface area contributed by atoms with E-state index in [9.17, 15) is 12.8 Å². The number of hydrogen-bond donors (Lipinski definition) is 0. The molecule has 0 fully saturated rings. The third-order valence-electron chi connectivity index (χ3n) is 4.48. The molecule has 3 rings (SSSR count). The molecule has 0 saturated carbocycles. The third-order valence-corrected chi connectivity index (χ3v) is 6.66. The first-order valence-electron chi connectivity index (χ1n) is 7.48. The summed E-state index contributed by atoms with van der Waals surface area (Å²) < 4.78 is 44.6. The molecule has 2 heterocycles. The van der Waals surface area contributed by atoms with Gasteiger partial charge in [0.15, 0.2) is 11.6 Å². The summed E-state index contributed by atoms with van der Waals surface area (Å²) in [5, 5.41) is -0.113. The lowest BCUT2D eigenvalue weighted by Gasteiger charge is -2.34. The van der Waals surface area contributed by atoms with Crippen molar-refractivity contribution >= 4 is 54.1 Å². The molecule has 0 aliphatic carbocycles. The van der Waals surface area contributed by atoms with Gasteiger partial charge in [-0.05, 0) is 22.9 Å². The van der Waals surface area contributed by atoms with E-state index >= 15 is 0 Å². The quantitative estimate of drug-likeness (QED) is 0.487. The molecule has 10 heteroatoms. The minimum Gasteiger partial charge on any atom is -0.491 e. The number of benzene rings is 1. The topological polar surface area (TPSA) is 72.4 Å². The minimum absolute atomic E-state index is 0.0234. The SMILES string of the molecule is CC1COc2c(Cl)c(Br)c(F)c3nc(S(C)(=O)=O)nc(c23)N(C)[C@@H]1C.